The van der Waals surface area contributed by atoms with Gasteiger partial charge in [0.25, 0.3) is 0 Å². The van der Waals surface area contributed by atoms with Gasteiger partial charge in [-0.25, -0.2) is 12.7 Å². The fourth-order valence-corrected chi connectivity index (χ4v) is 4.06. The molecule has 1 aromatic carbocycles. The number of fused-ring (bicyclic) bond motifs is 1. The maximum absolute atomic E-state index is 12.8. The van der Waals surface area contributed by atoms with Crippen LogP contribution in [0, 0.1) is 5.92 Å². The van der Waals surface area contributed by atoms with E-state index in [-0.39, 0.29) is 11.8 Å². The van der Waals surface area contributed by atoms with Gasteiger partial charge < -0.3 is 9.64 Å². The first-order valence-electron chi connectivity index (χ1n) is 7.90. The van der Waals surface area contributed by atoms with E-state index in [0.717, 1.165) is 11.3 Å². The van der Waals surface area contributed by atoms with Gasteiger partial charge in [0, 0.05) is 26.2 Å². The highest BCUT2D eigenvalue weighted by atomic mass is 32.2. The van der Waals surface area contributed by atoms with E-state index in [4.69, 9.17) is 4.74 Å². The molecule has 1 fully saturated rings. The van der Waals surface area contributed by atoms with Crippen LogP contribution in [0.4, 0.5) is 0 Å². The van der Waals surface area contributed by atoms with Gasteiger partial charge in [-0.1, -0.05) is 18.2 Å². The molecule has 0 spiro atoms. The molecule has 3 rings (SSSR count). The maximum Gasteiger partial charge on any atom is 0.229 e. The van der Waals surface area contributed by atoms with Crippen molar-refractivity contribution in [3.8, 4) is 5.75 Å². The first-order valence-corrected chi connectivity index (χ1v) is 9.74. The van der Waals surface area contributed by atoms with Crippen LogP contribution in [0.5, 0.6) is 5.75 Å². The number of benzene rings is 1. The average molecular weight is 338 g/mol. The molecule has 126 valence electrons. The Labute approximate surface area is 137 Å². The minimum absolute atomic E-state index is 0.0647. The van der Waals surface area contributed by atoms with Gasteiger partial charge >= 0.3 is 0 Å². The molecule has 1 aromatic rings. The summed E-state index contributed by atoms with van der Waals surface area (Å²) in [6.07, 6.45) is 2.57. The van der Waals surface area contributed by atoms with Crippen molar-refractivity contribution in [1.29, 1.82) is 0 Å². The number of hydrogen-bond acceptors (Lipinski definition) is 4. The number of rotatable bonds is 2. The van der Waals surface area contributed by atoms with Crippen LogP contribution in [0.3, 0.4) is 0 Å². The molecule has 1 atom stereocenters. The number of sulfonamides is 1. The third-order valence-corrected chi connectivity index (χ3v) is 5.77. The van der Waals surface area contributed by atoms with Crippen molar-refractivity contribution in [3.05, 3.63) is 29.8 Å². The molecule has 2 aliphatic heterocycles. The second-order valence-electron chi connectivity index (χ2n) is 6.16. The second-order valence-corrected chi connectivity index (χ2v) is 8.14. The lowest BCUT2D eigenvalue weighted by atomic mass is 9.95. The number of para-hydroxylation sites is 1. The van der Waals surface area contributed by atoms with E-state index < -0.39 is 10.0 Å². The van der Waals surface area contributed by atoms with E-state index in [2.05, 4.69) is 0 Å². The van der Waals surface area contributed by atoms with Gasteiger partial charge in [0.05, 0.1) is 12.2 Å². The molecule has 0 aliphatic carbocycles. The van der Waals surface area contributed by atoms with Crippen molar-refractivity contribution in [2.24, 2.45) is 5.92 Å². The van der Waals surface area contributed by atoms with Crippen LogP contribution in [0.1, 0.15) is 12.0 Å². The van der Waals surface area contributed by atoms with Crippen molar-refractivity contribution in [2.75, 3.05) is 39.0 Å². The van der Waals surface area contributed by atoms with E-state index in [1.165, 1.54) is 10.6 Å². The van der Waals surface area contributed by atoms with Crippen LogP contribution < -0.4 is 4.74 Å². The van der Waals surface area contributed by atoms with Crippen LogP contribution in [-0.4, -0.2) is 62.6 Å². The van der Waals surface area contributed by atoms with Gasteiger partial charge in [0.1, 0.15) is 12.4 Å². The molecule has 1 amide bonds. The normalized spacial score (nSPS) is 22.8. The minimum atomic E-state index is -3.19. The maximum atomic E-state index is 12.8. The Hall–Kier alpha value is -1.60. The molecular formula is C16H22N2O4S. The Morgan fingerprint density at radius 2 is 1.96 bits per heavy atom. The molecular weight excluding hydrogens is 316 g/mol. The highest BCUT2D eigenvalue weighted by Gasteiger charge is 2.31. The van der Waals surface area contributed by atoms with Crippen molar-refractivity contribution >= 4 is 15.9 Å². The van der Waals surface area contributed by atoms with Crippen molar-refractivity contribution in [3.63, 3.8) is 0 Å². The topological polar surface area (TPSA) is 66.9 Å². The number of nitrogens with zero attached hydrogens (tertiary/aromatic N) is 2. The third-order valence-electron chi connectivity index (χ3n) is 4.46. The Bertz CT molecular complexity index is 689. The molecule has 0 bridgehead atoms. The number of carbonyl (C=O) groups excluding carboxylic acids is 1. The predicted molar refractivity (Wildman–Crippen MR) is 86.7 cm³/mol. The summed E-state index contributed by atoms with van der Waals surface area (Å²) in [7, 11) is -3.19. The van der Waals surface area contributed by atoms with Crippen molar-refractivity contribution in [1.82, 2.24) is 9.21 Å². The molecule has 0 aromatic heterocycles. The van der Waals surface area contributed by atoms with E-state index >= 15 is 0 Å². The lowest BCUT2D eigenvalue weighted by molar-refractivity contribution is -0.136. The van der Waals surface area contributed by atoms with E-state index in [9.17, 15) is 13.2 Å². The summed E-state index contributed by atoms with van der Waals surface area (Å²) in [5.41, 5.74) is 1.06. The van der Waals surface area contributed by atoms with Crippen LogP contribution in [0.25, 0.3) is 0 Å². The lowest BCUT2D eigenvalue weighted by Gasteiger charge is -2.29. The zero-order valence-corrected chi connectivity index (χ0v) is 14.1. The third kappa shape index (κ3) is 3.67. The minimum Gasteiger partial charge on any atom is -0.492 e. The molecule has 2 aliphatic rings. The van der Waals surface area contributed by atoms with E-state index in [0.29, 0.717) is 45.6 Å². The number of ether oxygens (including phenoxy) is 1. The van der Waals surface area contributed by atoms with Crippen LogP contribution in [0.2, 0.25) is 0 Å². The summed E-state index contributed by atoms with van der Waals surface area (Å²) in [6, 6.07) is 7.79. The average Bonchev–Trinajstić information content (AvgIpc) is 2.79. The van der Waals surface area contributed by atoms with Gasteiger partial charge in [0.15, 0.2) is 0 Å². The Balaban J connectivity index is 1.65. The molecule has 1 saturated heterocycles. The SMILES string of the molecule is CS(=O)(=O)N1CCCN(C(=O)C2COc3ccccc3C2)CC1. The quantitative estimate of drug-likeness (QED) is 0.797. The molecule has 0 N–H and O–H groups in total. The first kappa shape index (κ1) is 16.3. The largest absolute Gasteiger partial charge is 0.492 e. The molecule has 1 unspecified atom stereocenters. The molecule has 23 heavy (non-hydrogen) atoms. The molecule has 2 heterocycles. The highest BCUT2D eigenvalue weighted by molar-refractivity contribution is 7.88. The fraction of sp³-hybridized carbons (Fsp3) is 0.562. The van der Waals surface area contributed by atoms with Crippen LogP contribution >= 0.6 is 0 Å². The molecule has 6 nitrogen and oxygen atoms in total. The van der Waals surface area contributed by atoms with Crippen molar-refractivity contribution < 1.29 is 17.9 Å². The Kier molecular flexibility index (Phi) is 4.59. The van der Waals surface area contributed by atoms with Gasteiger partial charge in [-0.15, -0.1) is 0 Å². The zero-order chi connectivity index (χ0) is 16.4. The summed E-state index contributed by atoms with van der Waals surface area (Å²) in [6.45, 7) is 2.29. The number of amides is 1. The molecule has 0 saturated carbocycles. The Morgan fingerprint density at radius 1 is 1.17 bits per heavy atom. The second kappa shape index (κ2) is 6.49. The fourth-order valence-electron chi connectivity index (χ4n) is 3.19. The Morgan fingerprint density at radius 3 is 2.74 bits per heavy atom. The first-order chi connectivity index (χ1) is 10.9. The predicted octanol–water partition coefficient (Wildman–Crippen LogP) is 0.732. The monoisotopic (exact) mass is 338 g/mol. The smallest absolute Gasteiger partial charge is 0.229 e. The standard InChI is InChI=1S/C16H22N2O4S/c1-23(20,21)18-8-4-7-17(9-10-18)16(19)14-11-13-5-2-3-6-15(13)22-12-14/h2-3,5-6,14H,4,7-12H2,1H3. The van der Waals surface area contributed by atoms with Gasteiger partial charge in [0.2, 0.25) is 15.9 Å². The van der Waals surface area contributed by atoms with Gasteiger partial charge in [-0.05, 0) is 24.5 Å². The van der Waals surface area contributed by atoms with Crippen molar-refractivity contribution in [2.45, 2.75) is 12.8 Å². The number of hydrogen-bond donors (Lipinski definition) is 0. The highest BCUT2D eigenvalue weighted by Crippen LogP contribution is 2.28. The number of carbonyl (C=O) groups is 1. The molecule has 7 heteroatoms. The summed E-state index contributed by atoms with van der Waals surface area (Å²) in [4.78, 5) is 14.5. The summed E-state index contributed by atoms with van der Waals surface area (Å²) < 4.78 is 30.5. The van der Waals surface area contributed by atoms with Gasteiger partial charge in [-0.3, -0.25) is 4.79 Å². The zero-order valence-electron chi connectivity index (χ0n) is 13.3. The van der Waals surface area contributed by atoms with Crippen LogP contribution in [0.15, 0.2) is 24.3 Å². The van der Waals surface area contributed by atoms with Gasteiger partial charge in [-0.2, -0.15) is 0 Å². The summed E-state index contributed by atoms with van der Waals surface area (Å²) in [5, 5.41) is 0. The van der Waals surface area contributed by atoms with Crippen LogP contribution in [-0.2, 0) is 21.2 Å². The lowest BCUT2D eigenvalue weighted by Crippen LogP contribution is -2.43. The molecule has 0 radical (unpaired) electrons. The summed E-state index contributed by atoms with van der Waals surface area (Å²) >= 11 is 0. The van der Waals surface area contributed by atoms with E-state index in [1.807, 2.05) is 24.3 Å². The summed E-state index contributed by atoms with van der Waals surface area (Å²) in [5.74, 6) is 0.736. The van der Waals surface area contributed by atoms with E-state index in [1.54, 1.807) is 4.90 Å².